The second kappa shape index (κ2) is 4.58. The van der Waals surface area contributed by atoms with Crippen LogP contribution in [-0.4, -0.2) is 0 Å². The quantitative estimate of drug-likeness (QED) is 0.796. The first-order valence-corrected chi connectivity index (χ1v) is 5.24. The lowest BCUT2D eigenvalue weighted by molar-refractivity contribution is 0.481. The molecule has 0 spiro atoms. The van der Waals surface area contributed by atoms with Gasteiger partial charge in [-0.1, -0.05) is 18.2 Å². The number of nitriles is 1. The Bertz CT molecular complexity index is 585. The van der Waals surface area contributed by atoms with Gasteiger partial charge in [-0.15, -0.1) is 0 Å². The monoisotopic (exact) mass is 224 g/mol. The Labute approximate surface area is 100 Å². The van der Waals surface area contributed by atoms with Crippen molar-refractivity contribution in [1.82, 2.24) is 0 Å². The second-order valence-electron chi connectivity index (χ2n) is 3.73. The fourth-order valence-corrected chi connectivity index (χ4v) is 1.57. The van der Waals surface area contributed by atoms with Gasteiger partial charge in [-0.05, 0) is 30.7 Å². The lowest BCUT2D eigenvalue weighted by Gasteiger charge is -2.09. The molecule has 0 aliphatic rings. The van der Waals surface area contributed by atoms with Gasteiger partial charge >= 0.3 is 0 Å². The number of nitrogens with zero attached hydrogens (tertiary/aromatic N) is 1. The lowest BCUT2D eigenvalue weighted by Crippen LogP contribution is -1.92. The number of nitrogen functional groups attached to an aromatic ring is 1. The Morgan fingerprint density at radius 1 is 1.18 bits per heavy atom. The highest BCUT2D eigenvalue weighted by Crippen LogP contribution is 2.27. The third-order valence-corrected chi connectivity index (χ3v) is 2.43. The SMILES string of the molecule is Cc1cccc(Oc2cccc(N)c2)c1C#N. The van der Waals surface area contributed by atoms with Crippen molar-refractivity contribution < 1.29 is 4.74 Å². The van der Waals surface area contributed by atoms with Crippen molar-refractivity contribution in [2.24, 2.45) is 0 Å². The number of nitrogens with two attached hydrogens (primary N) is 1. The molecule has 3 nitrogen and oxygen atoms in total. The molecule has 0 amide bonds. The van der Waals surface area contributed by atoms with E-state index in [9.17, 15) is 0 Å². The fourth-order valence-electron chi connectivity index (χ4n) is 1.57. The van der Waals surface area contributed by atoms with Crippen molar-refractivity contribution in [1.29, 1.82) is 5.26 Å². The summed E-state index contributed by atoms with van der Waals surface area (Å²) < 4.78 is 5.66. The van der Waals surface area contributed by atoms with E-state index in [1.807, 2.05) is 25.1 Å². The smallest absolute Gasteiger partial charge is 0.145 e. The summed E-state index contributed by atoms with van der Waals surface area (Å²) in [6.45, 7) is 1.88. The van der Waals surface area contributed by atoms with Crippen molar-refractivity contribution in [2.45, 2.75) is 6.92 Å². The van der Waals surface area contributed by atoms with Crippen LogP contribution in [0.3, 0.4) is 0 Å². The zero-order valence-electron chi connectivity index (χ0n) is 9.47. The average Bonchev–Trinajstić information content (AvgIpc) is 2.29. The van der Waals surface area contributed by atoms with E-state index in [0.717, 1.165) is 5.56 Å². The number of benzene rings is 2. The molecule has 0 atom stereocenters. The summed E-state index contributed by atoms with van der Waals surface area (Å²) in [6, 6.07) is 14.8. The number of ether oxygens (including phenoxy) is 1. The first kappa shape index (κ1) is 11.0. The summed E-state index contributed by atoms with van der Waals surface area (Å²) in [5.41, 5.74) is 7.75. The lowest BCUT2D eigenvalue weighted by atomic mass is 10.1. The summed E-state index contributed by atoms with van der Waals surface area (Å²) in [7, 11) is 0. The van der Waals surface area contributed by atoms with Crippen LogP contribution in [0.1, 0.15) is 11.1 Å². The van der Waals surface area contributed by atoms with Crippen molar-refractivity contribution in [3.8, 4) is 17.6 Å². The average molecular weight is 224 g/mol. The van der Waals surface area contributed by atoms with Gasteiger partial charge in [0.2, 0.25) is 0 Å². The van der Waals surface area contributed by atoms with Crippen LogP contribution in [-0.2, 0) is 0 Å². The summed E-state index contributed by atoms with van der Waals surface area (Å²) in [5, 5.41) is 9.08. The maximum atomic E-state index is 9.08. The molecule has 17 heavy (non-hydrogen) atoms. The maximum Gasteiger partial charge on any atom is 0.145 e. The molecule has 0 heterocycles. The first-order chi connectivity index (χ1) is 8.20. The van der Waals surface area contributed by atoms with Crippen LogP contribution in [0, 0.1) is 18.3 Å². The van der Waals surface area contributed by atoms with Crippen LogP contribution in [0.25, 0.3) is 0 Å². The highest BCUT2D eigenvalue weighted by Gasteiger charge is 2.06. The Hall–Kier alpha value is -2.47. The molecular weight excluding hydrogens is 212 g/mol. The molecule has 2 aromatic rings. The van der Waals surface area contributed by atoms with Gasteiger partial charge in [-0.25, -0.2) is 0 Å². The molecular formula is C14H12N2O. The molecule has 2 rings (SSSR count). The third kappa shape index (κ3) is 2.37. The van der Waals surface area contributed by atoms with Crippen molar-refractivity contribution >= 4 is 5.69 Å². The predicted octanol–water partition coefficient (Wildman–Crippen LogP) is 3.24. The molecule has 0 saturated heterocycles. The van der Waals surface area contributed by atoms with E-state index >= 15 is 0 Å². The molecule has 0 aliphatic carbocycles. The van der Waals surface area contributed by atoms with Gasteiger partial charge in [0.15, 0.2) is 0 Å². The summed E-state index contributed by atoms with van der Waals surface area (Å²) in [6.07, 6.45) is 0. The molecule has 0 unspecified atom stereocenters. The summed E-state index contributed by atoms with van der Waals surface area (Å²) >= 11 is 0. The van der Waals surface area contributed by atoms with Crippen LogP contribution in [0.5, 0.6) is 11.5 Å². The van der Waals surface area contributed by atoms with Crippen molar-refractivity contribution in [2.75, 3.05) is 5.73 Å². The van der Waals surface area contributed by atoms with E-state index < -0.39 is 0 Å². The molecule has 0 bridgehead atoms. The molecule has 0 saturated carbocycles. The van der Waals surface area contributed by atoms with E-state index in [0.29, 0.717) is 22.7 Å². The van der Waals surface area contributed by atoms with Gasteiger partial charge in [0.25, 0.3) is 0 Å². The number of anilines is 1. The Morgan fingerprint density at radius 3 is 2.65 bits per heavy atom. The van der Waals surface area contributed by atoms with Gasteiger partial charge in [-0.3, -0.25) is 0 Å². The summed E-state index contributed by atoms with van der Waals surface area (Å²) in [4.78, 5) is 0. The molecule has 2 aromatic carbocycles. The van der Waals surface area contributed by atoms with Gasteiger partial charge < -0.3 is 10.5 Å². The zero-order chi connectivity index (χ0) is 12.3. The van der Waals surface area contributed by atoms with Crippen LogP contribution >= 0.6 is 0 Å². The van der Waals surface area contributed by atoms with Gasteiger partial charge in [0.05, 0.1) is 5.56 Å². The Balaban J connectivity index is 2.37. The maximum absolute atomic E-state index is 9.08. The molecule has 0 fully saturated rings. The summed E-state index contributed by atoms with van der Waals surface area (Å²) in [5.74, 6) is 1.19. The van der Waals surface area contributed by atoms with E-state index in [1.165, 1.54) is 0 Å². The van der Waals surface area contributed by atoms with Crippen molar-refractivity contribution in [3.05, 3.63) is 53.6 Å². The first-order valence-electron chi connectivity index (χ1n) is 5.24. The minimum Gasteiger partial charge on any atom is -0.456 e. The standard InChI is InChI=1S/C14H12N2O/c1-10-4-2-7-14(13(10)9-15)17-12-6-3-5-11(16)8-12/h2-8H,16H2,1H3. The second-order valence-corrected chi connectivity index (χ2v) is 3.73. The third-order valence-electron chi connectivity index (χ3n) is 2.43. The van der Waals surface area contributed by atoms with E-state index in [2.05, 4.69) is 6.07 Å². The number of aryl methyl sites for hydroxylation is 1. The number of hydrogen-bond donors (Lipinski definition) is 1. The van der Waals surface area contributed by atoms with E-state index in [4.69, 9.17) is 15.7 Å². The van der Waals surface area contributed by atoms with Crippen molar-refractivity contribution in [3.63, 3.8) is 0 Å². The van der Waals surface area contributed by atoms with Crippen LogP contribution in [0.4, 0.5) is 5.69 Å². The highest BCUT2D eigenvalue weighted by molar-refractivity contribution is 5.51. The Kier molecular flexibility index (Phi) is 2.97. The van der Waals surface area contributed by atoms with Crippen LogP contribution < -0.4 is 10.5 Å². The molecule has 0 radical (unpaired) electrons. The number of rotatable bonds is 2. The minimum absolute atomic E-state index is 0.551. The fraction of sp³-hybridized carbons (Fsp3) is 0.0714. The molecule has 2 N–H and O–H groups in total. The van der Waals surface area contributed by atoms with Crippen LogP contribution in [0.15, 0.2) is 42.5 Å². The van der Waals surface area contributed by atoms with Gasteiger partial charge in [-0.2, -0.15) is 5.26 Å². The van der Waals surface area contributed by atoms with Crippen LogP contribution in [0.2, 0.25) is 0 Å². The highest BCUT2D eigenvalue weighted by atomic mass is 16.5. The molecule has 3 heteroatoms. The molecule has 0 aromatic heterocycles. The molecule has 0 aliphatic heterocycles. The van der Waals surface area contributed by atoms with E-state index in [-0.39, 0.29) is 0 Å². The van der Waals surface area contributed by atoms with Gasteiger partial charge in [0, 0.05) is 11.8 Å². The predicted molar refractivity (Wildman–Crippen MR) is 66.8 cm³/mol. The minimum atomic E-state index is 0.551. The van der Waals surface area contributed by atoms with Gasteiger partial charge in [0.1, 0.15) is 17.6 Å². The zero-order valence-corrected chi connectivity index (χ0v) is 9.47. The Morgan fingerprint density at radius 2 is 1.94 bits per heavy atom. The largest absolute Gasteiger partial charge is 0.456 e. The normalized spacial score (nSPS) is 9.65. The molecule has 84 valence electrons. The topological polar surface area (TPSA) is 59.0 Å². The number of hydrogen-bond acceptors (Lipinski definition) is 3. The van der Waals surface area contributed by atoms with E-state index in [1.54, 1.807) is 24.3 Å².